The molecule has 0 atom stereocenters. The minimum atomic E-state index is -0.129. The van der Waals surface area contributed by atoms with E-state index in [2.05, 4.69) is 25.8 Å². The van der Waals surface area contributed by atoms with Crippen LogP contribution in [0.5, 0.6) is 5.75 Å². The lowest BCUT2D eigenvalue weighted by molar-refractivity contribution is 0.0952. The number of ether oxygens (including phenoxy) is 1. The number of fused-ring (bicyclic) bond motifs is 1. The zero-order valence-electron chi connectivity index (χ0n) is 16.0. The number of imidazole rings is 1. The Kier molecular flexibility index (Phi) is 5.46. The minimum Gasteiger partial charge on any atom is -0.486 e. The molecule has 0 aliphatic rings. The minimum absolute atomic E-state index is 0.129. The molecule has 29 heavy (non-hydrogen) atoms. The highest BCUT2D eigenvalue weighted by atomic mass is 16.5. The quantitative estimate of drug-likeness (QED) is 0.493. The van der Waals surface area contributed by atoms with E-state index in [1.54, 1.807) is 35.3 Å². The number of hydrogen-bond donors (Lipinski definition) is 1. The van der Waals surface area contributed by atoms with Gasteiger partial charge in [-0.1, -0.05) is 12.1 Å². The lowest BCUT2D eigenvalue weighted by Gasteiger charge is -2.09. The third kappa shape index (κ3) is 4.23. The number of carbonyl (C=O) groups excluding carboxylic acids is 1. The maximum atomic E-state index is 12.4. The van der Waals surface area contributed by atoms with Gasteiger partial charge in [0.15, 0.2) is 5.82 Å². The summed E-state index contributed by atoms with van der Waals surface area (Å²) in [4.78, 5) is 16.7. The van der Waals surface area contributed by atoms with Gasteiger partial charge >= 0.3 is 0 Å². The number of para-hydroxylation sites is 2. The number of nitrogens with one attached hydrogen (secondary N) is 1. The number of aryl methyl sites for hydroxylation is 1. The average molecular weight is 391 g/mol. The summed E-state index contributed by atoms with van der Waals surface area (Å²) in [6.45, 7) is 4.07. The van der Waals surface area contributed by atoms with Gasteiger partial charge in [-0.3, -0.25) is 4.79 Å². The molecule has 9 heteroatoms. The second kappa shape index (κ2) is 8.51. The highest BCUT2D eigenvalue weighted by molar-refractivity contribution is 5.94. The van der Waals surface area contributed by atoms with Gasteiger partial charge in [0, 0.05) is 25.2 Å². The van der Waals surface area contributed by atoms with E-state index in [-0.39, 0.29) is 12.5 Å². The molecule has 4 rings (SSSR count). The van der Waals surface area contributed by atoms with Gasteiger partial charge in [0.2, 0.25) is 0 Å². The van der Waals surface area contributed by atoms with Gasteiger partial charge in [-0.25, -0.2) is 9.67 Å². The van der Waals surface area contributed by atoms with Crippen molar-refractivity contribution in [2.24, 2.45) is 0 Å². The Balaban J connectivity index is 1.29. The Hall–Kier alpha value is -3.75. The van der Waals surface area contributed by atoms with Crippen molar-refractivity contribution in [2.45, 2.75) is 26.6 Å². The van der Waals surface area contributed by atoms with Crippen LogP contribution < -0.4 is 10.1 Å². The van der Waals surface area contributed by atoms with Crippen molar-refractivity contribution in [3.05, 3.63) is 66.2 Å². The smallest absolute Gasteiger partial charge is 0.251 e. The van der Waals surface area contributed by atoms with Crippen LogP contribution in [0.1, 0.15) is 23.1 Å². The number of carbonyl (C=O) groups is 1. The van der Waals surface area contributed by atoms with Crippen LogP contribution in [0.4, 0.5) is 0 Å². The molecule has 2 heterocycles. The van der Waals surface area contributed by atoms with Crippen LogP contribution in [0.25, 0.3) is 11.0 Å². The molecule has 1 amide bonds. The first-order valence-corrected chi connectivity index (χ1v) is 9.40. The topological polar surface area (TPSA) is 99.8 Å². The number of benzene rings is 2. The van der Waals surface area contributed by atoms with Gasteiger partial charge in [0.25, 0.3) is 5.91 Å². The fraction of sp³-hybridized carbons (Fsp3) is 0.250. The summed E-state index contributed by atoms with van der Waals surface area (Å²) >= 11 is 0. The van der Waals surface area contributed by atoms with Crippen molar-refractivity contribution >= 4 is 16.9 Å². The molecule has 0 radical (unpaired) electrons. The van der Waals surface area contributed by atoms with Crippen molar-refractivity contribution in [2.75, 3.05) is 6.54 Å². The molecular formula is C20H21N7O2. The van der Waals surface area contributed by atoms with E-state index in [9.17, 15) is 4.79 Å². The SMILES string of the molecule is CCn1nnnc1COc1ccc(C(=O)NCCn2cnc3ccccc32)cc1. The monoisotopic (exact) mass is 391 g/mol. The standard InChI is InChI=1S/C20H21N7O2/c1-2-27-19(23-24-25-27)13-29-16-9-7-15(8-10-16)20(28)21-11-12-26-14-22-17-5-3-4-6-18(17)26/h3-10,14H,2,11-13H2,1H3,(H,21,28). The van der Waals surface area contributed by atoms with E-state index in [0.29, 0.717) is 36.8 Å². The van der Waals surface area contributed by atoms with Crippen LogP contribution in [0.3, 0.4) is 0 Å². The first-order chi connectivity index (χ1) is 14.2. The maximum absolute atomic E-state index is 12.4. The first-order valence-electron chi connectivity index (χ1n) is 9.40. The molecule has 0 spiro atoms. The molecule has 2 aromatic carbocycles. The Bertz CT molecular complexity index is 1100. The maximum Gasteiger partial charge on any atom is 0.251 e. The Morgan fingerprint density at radius 1 is 1.14 bits per heavy atom. The largest absolute Gasteiger partial charge is 0.486 e. The van der Waals surface area contributed by atoms with Crippen molar-refractivity contribution < 1.29 is 9.53 Å². The van der Waals surface area contributed by atoms with Crippen molar-refractivity contribution in [3.8, 4) is 5.75 Å². The average Bonchev–Trinajstić information content (AvgIpc) is 3.39. The van der Waals surface area contributed by atoms with Crippen molar-refractivity contribution in [1.82, 2.24) is 35.1 Å². The van der Waals surface area contributed by atoms with Crippen LogP contribution >= 0.6 is 0 Å². The lowest BCUT2D eigenvalue weighted by Crippen LogP contribution is -2.27. The van der Waals surface area contributed by atoms with Gasteiger partial charge in [-0.2, -0.15) is 0 Å². The fourth-order valence-corrected chi connectivity index (χ4v) is 3.00. The molecule has 9 nitrogen and oxygen atoms in total. The fourth-order valence-electron chi connectivity index (χ4n) is 3.00. The van der Waals surface area contributed by atoms with Crippen LogP contribution in [-0.4, -0.2) is 42.2 Å². The van der Waals surface area contributed by atoms with Gasteiger partial charge in [0.05, 0.1) is 17.4 Å². The van der Waals surface area contributed by atoms with Crippen LogP contribution in [0.15, 0.2) is 54.9 Å². The molecule has 1 N–H and O–H groups in total. The summed E-state index contributed by atoms with van der Waals surface area (Å²) in [5, 5.41) is 14.4. The molecule has 0 bridgehead atoms. The third-order valence-corrected chi connectivity index (χ3v) is 4.56. The summed E-state index contributed by atoms with van der Waals surface area (Å²) in [5.74, 6) is 1.18. The first kappa shape index (κ1) is 18.6. The van der Waals surface area contributed by atoms with E-state index < -0.39 is 0 Å². The van der Waals surface area contributed by atoms with E-state index in [1.807, 2.05) is 35.8 Å². The van der Waals surface area contributed by atoms with E-state index >= 15 is 0 Å². The number of amides is 1. The highest BCUT2D eigenvalue weighted by Crippen LogP contribution is 2.14. The van der Waals surface area contributed by atoms with E-state index in [1.165, 1.54) is 0 Å². The summed E-state index contributed by atoms with van der Waals surface area (Å²) in [5.41, 5.74) is 2.57. The number of rotatable bonds is 8. The number of hydrogen-bond acceptors (Lipinski definition) is 6. The zero-order chi connectivity index (χ0) is 20.1. The molecule has 0 saturated carbocycles. The normalized spacial score (nSPS) is 10.9. The van der Waals surface area contributed by atoms with Crippen molar-refractivity contribution in [3.63, 3.8) is 0 Å². The van der Waals surface area contributed by atoms with Gasteiger partial charge in [-0.15, -0.1) is 5.10 Å². The molecule has 0 aliphatic heterocycles. The summed E-state index contributed by atoms with van der Waals surface area (Å²) in [6, 6.07) is 14.9. The van der Waals surface area contributed by atoms with E-state index in [0.717, 1.165) is 11.0 Å². The Morgan fingerprint density at radius 3 is 2.79 bits per heavy atom. The summed E-state index contributed by atoms with van der Waals surface area (Å²) in [6.07, 6.45) is 1.79. The molecular weight excluding hydrogens is 370 g/mol. The van der Waals surface area contributed by atoms with Gasteiger partial charge in [-0.05, 0) is 53.7 Å². The van der Waals surface area contributed by atoms with Crippen molar-refractivity contribution in [1.29, 1.82) is 0 Å². The predicted molar refractivity (Wildman–Crippen MR) is 106 cm³/mol. The van der Waals surface area contributed by atoms with Crippen LogP contribution in [-0.2, 0) is 19.7 Å². The summed E-state index contributed by atoms with van der Waals surface area (Å²) in [7, 11) is 0. The molecule has 0 saturated heterocycles. The lowest BCUT2D eigenvalue weighted by atomic mass is 10.2. The van der Waals surface area contributed by atoms with Gasteiger partial charge < -0.3 is 14.6 Å². The van der Waals surface area contributed by atoms with Crippen LogP contribution in [0, 0.1) is 0 Å². The zero-order valence-corrected chi connectivity index (χ0v) is 16.0. The second-order valence-corrected chi connectivity index (χ2v) is 6.41. The number of tetrazole rings is 1. The molecule has 0 unspecified atom stereocenters. The molecule has 0 aliphatic carbocycles. The number of nitrogens with zero attached hydrogens (tertiary/aromatic N) is 6. The number of aromatic nitrogens is 6. The van der Waals surface area contributed by atoms with Crippen LogP contribution in [0.2, 0.25) is 0 Å². The second-order valence-electron chi connectivity index (χ2n) is 6.41. The molecule has 148 valence electrons. The Morgan fingerprint density at radius 2 is 1.97 bits per heavy atom. The Labute approximate surface area is 167 Å². The van der Waals surface area contributed by atoms with Gasteiger partial charge in [0.1, 0.15) is 12.4 Å². The molecule has 2 aromatic heterocycles. The predicted octanol–water partition coefficient (Wildman–Crippen LogP) is 2.05. The van der Waals surface area contributed by atoms with E-state index in [4.69, 9.17) is 4.74 Å². The summed E-state index contributed by atoms with van der Waals surface area (Å²) < 4.78 is 9.39. The molecule has 4 aromatic rings. The third-order valence-electron chi connectivity index (χ3n) is 4.56. The molecule has 0 fully saturated rings. The highest BCUT2D eigenvalue weighted by Gasteiger charge is 2.08.